The number of hydrogen-bond acceptors (Lipinski definition) is 7. The highest BCUT2D eigenvalue weighted by molar-refractivity contribution is 6.04. The molecule has 1 aliphatic carbocycles. The number of Topliss-reactive ketones (excluding diaryl/α,β-unsaturated/α-hetero) is 1. The Hall–Kier alpha value is -3.58. The number of allylic oxidation sites excluding steroid dienone is 3. The smallest absolute Gasteiger partial charge is 0.337 e. The molecule has 2 atom stereocenters. The summed E-state index contributed by atoms with van der Waals surface area (Å²) in [6.07, 6.45) is 0.874. The number of nitrogens with one attached hydrogen (secondary N) is 1. The van der Waals surface area contributed by atoms with E-state index in [4.69, 9.17) is 9.47 Å². The first-order chi connectivity index (χ1) is 18.7. The van der Waals surface area contributed by atoms with Gasteiger partial charge in [0.15, 0.2) is 5.78 Å². The molecular formula is C32H39N3O4. The number of carbonyl (C=O) groups excluding carboxylic acids is 2. The zero-order valence-electron chi connectivity index (χ0n) is 23.6. The van der Waals surface area contributed by atoms with Crippen LogP contribution in [0.2, 0.25) is 0 Å². The van der Waals surface area contributed by atoms with Crippen molar-refractivity contribution < 1.29 is 19.1 Å². The molecule has 206 valence electrons. The quantitative estimate of drug-likeness (QED) is 0.534. The van der Waals surface area contributed by atoms with Crippen molar-refractivity contribution in [3.05, 3.63) is 82.2 Å². The van der Waals surface area contributed by atoms with E-state index in [1.54, 1.807) is 0 Å². The normalized spacial score (nSPS) is 21.6. The van der Waals surface area contributed by atoms with E-state index in [1.165, 1.54) is 0 Å². The summed E-state index contributed by atoms with van der Waals surface area (Å²) >= 11 is 0. The van der Waals surface area contributed by atoms with E-state index >= 15 is 0 Å². The van der Waals surface area contributed by atoms with Gasteiger partial charge in [-0.1, -0.05) is 24.3 Å². The van der Waals surface area contributed by atoms with E-state index in [0.717, 1.165) is 47.0 Å². The molecule has 0 aromatic heterocycles. The van der Waals surface area contributed by atoms with Crippen molar-refractivity contribution in [2.45, 2.75) is 51.6 Å². The third-order valence-electron chi connectivity index (χ3n) is 7.87. The number of nitrogens with zero attached hydrogens (tertiary/aromatic N) is 2. The van der Waals surface area contributed by atoms with Gasteiger partial charge < -0.3 is 24.6 Å². The molecule has 39 heavy (non-hydrogen) atoms. The summed E-state index contributed by atoms with van der Waals surface area (Å²) in [5.41, 5.74) is 7.20. The van der Waals surface area contributed by atoms with Gasteiger partial charge in [-0.25, -0.2) is 4.79 Å². The van der Waals surface area contributed by atoms with Gasteiger partial charge in [0.2, 0.25) is 0 Å². The fourth-order valence-corrected chi connectivity index (χ4v) is 5.90. The van der Waals surface area contributed by atoms with Gasteiger partial charge in [0.05, 0.1) is 24.9 Å². The number of morpholine rings is 1. The zero-order valence-corrected chi connectivity index (χ0v) is 23.6. The van der Waals surface area contributed by atoms with Gasteiger partial charge in [0, 0.05) is 67.9 Å². The van der Waals surface area contributed by atoms with Gasteiger partial charge in [0.25, 0.3) is 0 Å². The predicted molar refractivity (Wildman–Crippen MR) is 154 cm³/mol. The molecule has 5 rings (SSSR count). The van der Waals surface area contributed by atoms with Crippen LogP contribution >= 0.6 is 0 Å². The number of esters is 1. The minimum absolute atomic E-state index is 0.0787. The van der Waals surface area contributed by atoms with Crippen molar-refractivity contribution in [3.8, 4) is 0 Å². The largest absolute Gasteiger partial charge is 0.460 e. The predicted octanol–water partition coefficient (Wildman–Crippen LogP) is 4.90. The molecule has 1 N–H and O–H groups in total. The maximum atomic E-state index is 13.9. The molecule has 0 saturated carbocycles. The minimum atomic E-state index is -0.462. The maximum absolute atomic E-state index is 13.9. The zero-order chi connectivity index (χ0) is 27.7. The van der Waals surface area contributed by atoms with Crippen molar-refractivity contribution in [2.75, 3.05) is 50.2 Å². The van der Waals surface area contributed by atoms with Gasteiger partial charge in [-0.15, -0.1) is 0 Å². The van der Waals surface area contributed by atoms with E-state index in [9.17, 15) is 9.59 Å². The van der Waals surface area contributed by atoms with Crippen LogP contribution in [0.15, 0.2) is 71.1 Å². The van der Waals surface area contributed by atoms with Crippen LogP contribution in [0.1, 0.15) is 56.6 Å². The van der Waals surface area contributed by atoms with Gasteiger partial charge >= 0.3 is 5.97 Å². The van der Waals surface area contributed by atoms with Gasteiger partial charge in [-0.3, -0.25) is 4.79 Å². The second-order valence-electron chi connectivity index (χ2n) is 11.1. The number of rotatable bonds is 6. The highest BCUT2D eigenvalue weighted by atomic mass is 16.5. The number of anilines is 2. The van der Waals surface area contributed by atoms with Gasteiger partial charge in [-0.05, 0) is 68.5 Å². The molecule has 0 unspecified atom stereocenters. The van der Waals surface area contributed by atoms with Gasteiger partial charge in [-0.2, -0.15) is 0 Å². The van der Waals surface area contributed by atoms with Crippen LogP contribution in [0.3, 0.4) is 0 Å². The molecule has 2 aliphatic heterocycles. The number of dihydropyridines is 1. The Labute approximate surface area is 231 Å². The molecule has 2 aromatic rings. The number of hydrogen-bond donors (Lipinski definition) is 1. The number of benzene rings is 2. The molecule has 0 spiro atoms. The van der Waals surface area contributed by atoms with Gasteiger partial charge in [0.1, 0.15) is 0 Å². The fraction of sp³-hybridized carbons (Fsp3) is 0.438. The van der Waals surface area contributed by atoms with Crippen LogP contribution < -0.4 is 15.1 Å². The van der Waals surface area contributed by atoms with E-state index in [-0.39, 0.29) is 23.8 Å². The molecule has 2 aromatic carbocycles. The summed E-state index contributed by atoms with van der Waals surface area (Å²) in [6, 6.07) is 16.7. The number of ether oxygens (including phenoxy) is 2. The Bertz CT molecular complexity index is 1290. The second-order valence-corrected chi connectivity index (χ2v) is 11.1. The lowest BCUT2D eigenvalue weighted by Crippen LogP contribution is -2.37. The Kier molecular flexibility index (Phi) is 7.80. The third kappa shape index (κ3) is 5.59. The summed E-state index contributed by atoms with van der Waals surface area (Å²) < 4.78 is 11.2. The molecule has 0 radical (unpaired) electrons. The average molecular weight is 530 g/mol. The van der Waals surface area contributed by atoms with Crippen LogP contribution in [-0.2, 0) is 19.1 Å². The standard InChI is InChI=1S/C32H39N3O4/c1-20(2)39-32(37)29-21(3)33-27-18-24(22-6-10-25(11-7-22)34(4)5)19-28(36)31(27)30(29)23-8-12-26(13-9-23)35-14-16-38-17-15-35/h6-13,20,24,30,33H,14-19H2,1-5H3/t24-,30+/m0/s1. The van der Waals surface area contributed by atoms with Crippen molar-refractivity contribution in [1.82, 2.24) is 5.32 Å². The van der Waals surface area contributed by atoms with E-state index in [2.05, 4.69) is 63.6 Å². The minimum Gasteiger partial charge on any atom is -0.460 e. The Morgan fingerprint density at radius 3 is 2.26 bits per heavy atom. The highest BCUT2D eigenvalue weighted by Crippen LogP contribution is 2.46. The Balaban J connectivity index is 1.50. The van der Waals surface area contributed by atoms with Crippen LogP contribution in [0.4, 0.5) is 11.4 Å². The van der Waals surface area contributed by atoms with Crippen LogP contribution in [0, 0.1) is 0 Å². The lowest BCUT2D eigenvalue weighted by atomic mass is 9.71. The number of carbonyl (C=O) groups is 2. The maximum Gasteiger partial charge on any atom is 0.337 e. The highest BCUT2D eigenvalue weighted by Gasteiger charge is 2.41. The summed E-state index contributed by atoms with van der Waals surface area (Å²) in [5.74, 6) is -0.676. The third-order valence-corrected chi connectivity index (χ3v) is 7.87. The van der Waals surface area contributed by atoms with Crippen molar-refractivity contribution in [3.63, 3.8) is 0 Å². The second kappa shape index (κ2) is 11.3. The summed E-state index contributed by atoms with van der Waals surface area (Å²) in [7, 11) is 4.04. The lowest BCUT2D eigenvalue weighted by molar-refractivity contribution is -0.143. The van der Waals surface area contributed by atoms with E-state index in [1.807, 2.05) is 34.9 Å². The van der Waals surface area contributed by atoms with Crippen molar-refractivity contribution in [2.24, 2.45) is 0 Å². The molecule has 3 aliphatic rings. The molecular weight excluding hydrogens is 490 g/mol. The monoisotopic (exact) mass is 529 g/mol. The first kappa shape index (κ1) is 27.0. The lowest BCUT2D eigenvalue weighted by Gasteiger charge is -2.37. The first-order valence-corrected chi connectivity index (χ1v) is 13.9. The number of ketones is 1. The molecule has 0 amide bonds. The molecule has 7 heteroatoms. The SMILES string of the molecule is CC1=C(C(=O)OC(C)C)[C@@H](c2ccc(N3CCOCC3)cc2)C2=C(C[C@H](c3ccc(N(C)C)cc3)CC2=O)N1. The Morgan fingerprint density at radius 2 is 1.64 bits per heavy atom. The fourth-order valence-electron chi connectivity index (χ4n) is 5.90. The van der Waals surface area contributed by atoms with Crippen LogP contribution in [0.25, 0.3) is 0 Å². The van der Waals surface area contributed by atoms with Crippen LogP contribution in [0.5, 0.6) is 0 Å². The molecule has 1 saturated heterocycles. The summed E-state index contributed by atoms with van der Waals surface area (Å²) in [4.78, 5) is 31.6. The average Bonchev–Trinajstić information content (AvgIpc) is 2.92. The first-order valence-electron chi connectivity index (χ1n) is 13.9. The Morgan fingerprint density at radius 1 is 1.00 bits per heavy atom. The van der Waals surface area contributed by atoms with E-state index in [0.29, 0.717) is 37.2 Å². The molecule has 2 heterocycles. The van der Waals surface area contributed by atoms with Crippen LogP contribution in [-0.4, -0.2) is 58.3 Å². The van der Waals surface area contributed by atoms with E-state index < -0.39 is 5.92 Å². The molecule has 7 nitrogen and oxygen atoms in total. The summed E-state index contributed by atoms with van der Waals surface area (Å²) in [6.45, 7) is 8.73. The van der Waals surface area contributed by atoms with Crippen molar-refractivity contribution >= 4 is 23.1 Å². The molecule has 1 fully saturated rings. The summed E-state index contributed by atoms with van der Waals surface area (Å²) in [5, 5.41) is 3.45. The topological polar surface area (TPSA) is 71.1 Å². The molecule has 0 bridgehead atoms. The van der Waals surface area contributed by atoms with Crippen molar-refractivity contribution in [1.29, 1.82) is 0 Å².